The first-order valence-electron chi connectivity index (χ1n) is 3.86. The molecule has 0 saturated heterocycles. The van der Waals surface area contributed by atoms with E-state index in [1.807, 2.05) is 6.92 Å². The Morgan fingerprint density at radius 2 is 2.36 bits per heavy atom. The van der Waals surface area contributed by atoms with Crippen molar-refractivity contribution in [2.24, 2.45) is 5.73 Å². The molecular formula is C7H11N3O. The Balaban J connectivity index is 2.18. The van der Waals surface area contributed by atoms with Crippen LogP contribution in [0.2, 0.25) is 0 Å². The Morgan fingerprint density at radius 3 is 2.82 bits per heavy atom. The minimum absolute atomic E-state index is 0.144. The average Bonchev–Trinajstić information content (AvgIpc) is 2.68. The van der Waals surface area contributed by atoms with Gasteiger partial charge in [-0.15, -0.1) is 0 Å². The molecule has 1 heterocycles. The molecule has 1 aliphatic carbocycles. The van der Waals surface area contributed by atoms with Crippen molar-refractivity contribution in [1.82, 2.24) is 10.1 Å². The van der Waals surface area contributed by atoms with Gasteiger partial charge in [0.1, 0.15) is 0 Å². The van der Waals surface area contributed by atoms with Gasteiger partial charge in [0.2, 0.25) is 5.89 Å². The number of nitrogens with zero attached hydrogens (tertiary/aromatic N) is 2. The van der Waals surface area contributed by atoms with Crippen LogP contribution in [0.1, 0.15) is 43.4 Å². The smallest absolute Gasteiger partial charge is 0.243 e. The van der Waals surface area contributed by atoms with Crippen LogP contribution in [0.5, 0.6) is 0 Å². The van der Waals surface area contributed by atoms with E-state index in [2.05, 4.69) is 10.1 Å². The van der Waals surface area contributed by atoms with Crippen LogP contribution in [-0.2, 0) is 0 Å². The molecule has 0 amide bonds. The van der Waals surface area contributed by atoms with E-state index in [1.165, 1.54) is 12.8 Å². The van der Waals surface area contributed by atoms with Gasteiger partial charge in [-0.1, -0.05) is 5.16 Å². The molecule has 1 atom stereocenters. The van der Waals surface area contributed by atoms with Crippen LogP contribution in [0.3, 0.4) is 0 Å². The molecule has 0 aromatic carbocycles. The molecule has 0 bridgehead atoms. The molecule has 1 fully saturated rings. The fourth-order valence-electron chi connectivity index (χ4n) is 0.940. The molecular weight excluding hydrogens is 142 g/mol. The lowest BCUT2D eigenvalue weighted by Gasteiger charge is -1.92. The average molecular weight is 153 g/mol. The van der Waals surface area contributed by atoms with Gasteiger partial charge in [-0.3, -0.25) is 0 Å². The van der Waals surface area contributed by atoms with Crippen molar-refractivity contribution < 1.29 is 4.52 Å². The van der Waals surface area contributed by atoms with Crippen molar-refractivity contribution >= 4 is 0 Å². The molecule has 0 radical (unpaired) electrons. The lowest BCUT2D eigenvalue weighted by molar-refractivity contribution is 0.357. The Kier molecular flexibility index (Phi) is 1.42. The minimum atomic E-state index is -0.144. The normalized spacial score (nSPS) is 20.2. The maximum absolute atomic E-state index is 5.55. The van der Waals surface area contributed by atoms with Crippen molar-refractivity contribution in [3.8, 4) is 0 Å². The molecule has 60 valence electrons. The molecule has 2 N–H and O–H groups in total. The largest absolute Gasteiger partial charge is 0.338 e. The van der Waals surface area contributed by atoms with E-state index in [4.69, 9.17) is 10.3 Å². The summed E-state index contributed by atoms with van der Waals surface area (Å²) in [5.74, 6) is 1.93. The van der Waals surface area contributed by atoms with Gasteiger partial charge in [0.25, 0.3) is 0 Å². The Bertz CT molecular complexity index is 235. The number of rotatable bonds is 2. The quantitative estimate of drug-likeness (QED) is 0.687. The third-order valence-electron chi connectivity index (χ3n) is 1.79. The van der Waals surface area contributed by atoms with Gasteiger partial charge in [-0.05, 0) is 19.8 Å². The van der Waals surface area contributed by atoms with Crippen LogP contribution < -0.4 is 5.73 Å². The second-order valence-corrected chi connectivity index (χ2v) is 3.05. The predicted molar refractivity (Wildman–Crippen MR) is 38.9 cm³/mol. The first kappa shape index (κ1) is 6.79. The van der Waals surface area contributed by atoms with Crippen molar-refractivity contribution in [3.63, 3.8) is 0 Å². The molecule has 1 saturated carbocycles. The van der Waals surface area contributed by atoms with Gasteiger partial charge in [0.05, 0.1) is 6.04 Å². The van der Waals surface area contributed by atoms with Crippen molar-refractivity contribution in [1.29, 1.82) is 0 Å². The zero-order valence-electron chi connectivity index (χ0n) is 6.45. The zero-order chi connectivity index (χ0) is 7.84. The molecule has 0 aliphatic heterocycles. The Morgan fingerprint density at radius 1 is 1.64 bits per heavy atom. The van der Waals surface area contributed by atoms with Crippen LogP contribution in [-0.4, -0.2) is 10.1 Å². The molecule has 0 spiro atoms. The third kappa shape index (κ3) is 1.26. The standard InChI is InChI=1S/C7H11N3O/c1-4(8)7-9-6(10-11-7)5-2-3-5/h4-5H,2-3,8H2,1H3/t4-/m1/s1. The SMILES string of the molecule is C[C@@H](N)c1nc(C2CC2)no1. The molecule has 11 heavy (non-hydrogen) atoms. The van der Waals surface area contributed by atoms with E-state index in [9.17, 15) is 0 Å². The van der Waals surface area contributed by atoms with E-state index < -0.39 is 0 Å². The molecule has 1 aromatic heterocycles. The Hall–Kier alpha value is -0.900. The van der Waals surface area contributed by atoms with E-state index in [0.29, 0.717) is 11.8 Å². The highest BCUT2D eigenvalue weighted by atomic mass is 16.5. The van der Waals surface area contributed by atoms with E-state index in [-0.39, 0.29) is 6.04 Å². The third-order valence-corrected chi connectivity index (χ3v) is 1.79. The number of aromatic nitrogens is 2. The number of hydrogen-bond acceptors (Lipinski definition) is 4. The summed E-state index contributed by atoms with van der Waals surface area (Å²) in [5, 5.41) is 3.83. The summed E-state index contributed by atoms with van der Waals surface area (Å²) >= 11 is 0. The molecule has 4 heteroatoms. The van der Waals surface area contributed by atoms with Crippen LogP contribution >= 0.6 is 0 Å². The summed E-state index contributed by atoms with van der Waals surface area (Å²) in [6.45, 7) is 1.84. The first-order valence-corrected chi connectivity index (χ1v) is 3.86. The highest BCUT2D eigenvalue weighted by molar-refractivity contribution is 5.04. The van der Waals surface area contributed by atoms with Crippen LogP contribution in [0, 0.1) is 0 Å². The second kappa shape index (κ2) is 2.30. The van der Waals surface area contributed by atoms with Gasteiger partial charge in [-0.25, -0.2) is 0 Å². The van der Waals surface area contributed by atoms with Crippen LogP contribution in [0.15, 0.2) is 4.52 Å². The number of hydrogen-bond donors (Lipinski definition) is 1. The molecule has 2 rings (SSSR count). The van der Waals surface area contributed by atoms with E-state index in [0.717, 1.165) is 5.82 Å². The summed E-state index contributed by atoms with van der Waals surface area (Å²) in [7, 11) is 0. The lowest BCUT2D eigenvalue weighted by Crippen LogP contribution is -2.05. The van der Waals surface area contributed by atoms with Gasteiger partial charge < -0.3 is 10.3 Å². The van der Waals surface area contributed by atoms with Crippen LogP contribution in [0.25, 0.3) is 0 Å². The maximum atomic E-state index is 5.55. The Labute approximate surface area is 64.8 Å². The fraction of sp³-hybridized carbons (Fsp3) is 0.714. The minimum Gasteiger partial charge on any atom is -0.338 e. The molecule has 0 unspecified atom stereocenters. The topological polar surface area (TPSA) is 64.9 Å². The molecule has 4 nitrogen and oxygen atoms in total. The maximum Gasteiger partial charge on any atom is 0.243 e. The van der Waals surface area contributed by atoms with Gasteiger partial charge in [0.15, 0.2) is 5.82 Å². The summed E-state index contributed by atoms with van der Waals surface area (Å²) < 4.78 is 4.94. The van der Waals surface area contributed by atoms with E-state index >= 15 is 0 Å². The zero-order valence-corrected chi connectivity index (χ0v) is 6.45. The summed E-state index contributed by atoms with van der Waals surface area (Å²) in [6.07, 6.45) is 2.38. The summed E-state index contributed by atoms with van der Waals surface area (Å²) in [4.78, 5) is 4.17. The number of nitrogens with two attached hydrogens (primary N) is 1. The van der Waals surface area contributed by atoms with Crippen molar-refractivity contribution in [2.45, 2.75) is 31.7 Å². The van der Waals surface area contributed by atoms with E-state index in [1.54, 1.807) is 0 Å². The fourth-order valence-corrected chi connectivity index (χ4v) is 0.940. The lowest BCUT2D eigenvalue weighted by atomic mass is 10.3. The van der Waals surface area contributed by atoms with Crippen molar-refractivity contribution in [3.05, 3.63) is 11.7 Å². The first-order chi connectivity index (χ1) is 5.27. The van der Waals surface area contributed by atoms with Gasteiger partial charge in [0, 0.05) is 5.92 Å². The van der Waals surface area contributed by atoms with Crippen LogP contribution in [0.4, 0.5) is 0 Å². The monoisotopic (exact) mass is 153 g/mol. The molecule has 1 aliphatic rings. The highest BCUT2D eigenvalue weighted by Crippen LogP contribution is 2.38. The predicted octanol–water partition coefficient (Wildman–Crippen LogP) is 0.967. The summed E-state index contributed by atoms with van der Waals surface area (Å²) in [5.41, 5.74) is 5.55. The van der Waals surface area contributed by atoms with Crippen molar-refractivity contribution in [2.75, 3.05) is 0 Å². The van der Waals surface area contributed by atoms with Gasteiger partial charge >= 0.3 is 0 Å². The second-order valence-electron chi connectivity index (χ2n) is 3.05. The highest BCUT2D eigenvalue weighted by Gasteiger charge is 2.29. The summed E-state index contributed by atoms with van der Waals surface area (Å²) in [6, 6.07) is -0.144. The van der Waals surface area contributed by atoms with Gasteiger partial charge in [-0.2, -0.15) is 4.98 Å². The molecule has 1 aromatic rings.